The molecule has 6 nitrogen and oxygen atoms in total. The Morgan fingerprint density at radius 2 is 1.80 bits per heavy atom. The van der Waals surface area contributed by atoms with Crippen LogP contribution in [0.1, 0.15) is 15.9 Å². The predicted octanol–water partition coefficient (Wildman–Crippen LogP) is 2.49. The van der Waals surface area contributed by atoms with Gasteiger partial charge < -0.3 is 14.9 Å². The maximum atomic E-state index is 12.6. The molecule has 126 valence electrons. The molecule has 0 saturated heterocycles. The second kappa shape index (κ2) is 6.52. The van der Waals surface area contributed by atoms with Gasteiger partial charge in [-0.05, 0) is 30.3 Å². The standard InChI is InChI=1S/C19H15NO5/c1-25-17-5-3-2-4-15(17)20-11-12(6-9-18(20)23)19(24)14-8-7-13(21)10-16(14)22/h2-11,21-22H,1H3. The highest BCUT2D eigenvalue weighted by molar-refractivity contribution is 6.10. The number of nitrogens with zero attached hydrogens (tertiary/aromatic N) is 1. The molecule has 0 aliphatic heterocycles. The van der Waals surface area contributed by atoms with Gasteiger partial charge in [-0.1, -0.05) is 12.1 Å². The van der Waals surface area contributed by atoms with Crippen LogP contribution < -0.4 is 10.3 Å². The highest BCUT2D eigenvalue weighted by Gasteiger charge is 2.16. The van der Waals surface area contributed by atoms with E-state index in [1.165, 1.54) is 42.1 Å². The number of para-hydroxylation sites is 2. The second-order valence-corrected chi connectivity index (χ2v) is 5.33. The summed E-state index contributed by atoms with van der Waals surface area (Å²) < 4.78 is 6.57. The number of rotatable bonds is 4. The summed E-state index contributed by atoms with van der Waals surface area (Å²) >= 11 is 0. The van der Waals surface area contributed by atoms with Gasteiger partial charge in [0, 0.05) is 23.9 Å². The van der Waals surface area contributed by atoms with Gasteiger partial charge in [0.05, 0.1) is 18.4 Å². The molecule has 2 N–H and O–H groups in total. The smallest absolute Gasteiger partial charge is 0.255 e. The number of benzene rings is 2. The van der Waals surface area contributed by atoms with E-state index in [-0.39, 0.29) is 28.2 Å². The van der Waals surface area contributed by atoms with Gasteiger partial charge in [-0.15, -0.1) is 0 Å². The van der Waals surface area contributed by atoms with E-state index in [0.29, 0.717) is 11.4 Å². The maximum Gasteiger partial charge on any atom is 0.255 e. The van der Waals surface area contributed by atoms with Crippen molar-refractivity contribution in [3.05, 3.63) is 82.3 Å². The van der Waals surface area contributed by atoms with Crippen molar-refractivity contribution in [2.45, 2.75) is 0 Å². The van der Waals surface area contributed by atoms with Crippen molar-refractivity contribution >= 4 is 5.78 Å². The number of phenols is 2. The third-order valence-corrected chi connectivity index (χ3v) is 3.74. The predicted molar refractivity (Wildman–Crippen MR) is 91.8 cm³/mol. The summed E-state index contributed by atoms with van der Waals surface area (Å²) in [5.74, 6) is -0.462. The lowest BCUT2D eigenvalue weighted by molar-refractivity contribution is 0.103. The fourth-order valence-corrected chi connectivity index (χ4v) is 2.51. The van der Waals surface area contributed by atoms with Crippen molar-refractivity contribution in [3.8, 4) is 22.9 Å². The Balaban J connectivity index is 2.11. The number of pyridine rings is 1. The van der Waals surface area contributed by atoms with Gasteiger partial charge in [-0.3, -0.25) is 14.2 Å². The zero-order valence-electron chi connectivity index (χ0n) is 13.3. The number of aromatic hydroxyl groups is 2. The van der Waals surface area contributed by atoms with Crippen molar-refractivity contribution in [2.75, 3.05) is 7.11 Å². The second-order valence-electron chi connectivity index (χ2n) is 5.33. The number of hydrogen-bond acceptors (Lipinski definition) is 5. The summed E-state index contributed by atoms with van der Waals surface area (Å²) in [6.07, 6.45) is 1.40. The monoisotopic (exact) mass is 337 g/mol. The topological polar surface area (TPSA) is 88.8 Å². The molecule has 1 aromatic heterocycles. The molecule has 3 aromatic rings. The van der Waals surface area contributed by atoms with Gasteiger partial charge in [0.2, 0.25) is 0 Å². The number of carbonyl (C=O) groups excluding carboxylic acids is 1. The molecule has 0 aliphatic carbocycles. The first-order chi connectivity index (χ1) is 12.0. The SMILES string of the molecule is COc1ccccc1-n1cc(C(=O)c2ccc(O)cc2O)ccc1=O. The first kappa shape index (κ1) is 16.3. The average Bonchev–Trinajstić information content (AvgIpc) is 2.61. The summed E-state index contributed by atoms with van der Waals surface area (Å²) in [6, 6.07) is 13.3. The van der Waals surface area contributed by atoms with Gasteiger partial charge in [-0.2, -0.15) is 0 Å². The number of phenolic OH excluding ortho intramolecular Hbond substituents is 2. The molecule has 0 bridgehead atoms. The van der Waals surface area contributed by atoms with E-state index in [0.717, 1.165) is 6.07 Å². The lowest BCUT2D eigenvalue weighted by atomic mass is 10.0. The number of methoxy groups -OCH3 is 1. The Morgan fingerprint density at radius 1 is 1.04 bits per heavy atom. The van der Waals surface area contributed by atoms with Crippen LogP contribution in [0.5, 0.6) is 17.2 Å². The summed E-state index contributed by atoms with van der Waals surface area (Å²) in [7, 11) is 1.49. The molecule has 0 spiro atoms. The third-order valence-electron chi connectivity index (χ3n) is 3.74. The zero-order valence-corrected chi connectivity index (χ0v) is 13.3. The Hall–Kier alpha value is -3.54. The molecule has 0 atom stereocenters. The fraction of sp³-hybridized carbons (Fsp3) is 0.0526. The molecule has 1 heterocycles. The average molecular weight is 337 g/mol. The van der Waals surface area contributed by atoms with Gasteiger partial charge in [0.15, 0.2) is 5.78 Å². The number of ether oxygens (including phenoxy) is 1. The molecule has 0 aliphatic rings. The van der Waals surface area contributed by atoms with Crippen molar-refractivity contribution in [1.29, 1.82) is 0 Å². The Bertz CT molecular complexity index is 1010. The zero-order chi connectivity index (χ0) is 18.0. The van der Waals surface area contributed by atoms with Crippen molar-refractivity contribution in [1.82, 2.24) is 4.57 Å². The Morgan fingerprint density at radius 3 is 2.52 bits per heavy atom. The van der Waals surface area contributed by atoms with Crippen LogP contribution in [0.3, 0.4) is 0 Å². The van der Waals surface area contributed by atoms with E-state index < -0.39 is 5.78 Å². The van der Waals surface area contributed by atoms with E-state index >= 15 is 0 Å². The largest absolute Gasteiger partial charge is 0.508 e. The van der Waals surface area contributed by atoms with Crippen LogP contribution in [0, 0.1) is 0 Å². The summed E-state index contributed by atoms with van der Waals surface area (Å²) in [5, 5.41) is 19.2. The van der Waals surface area contributed by atoms with Crippen LogP contribution >= 0.6 is 0 Å². The van der Waals surface area contributed by atoms with Crippen LogP contribution in [0.4, 0.5) is 0 Å². The minimum absolute atomic E-state index is 0.0306. The molecule has 25 heavy (non-hydrogen) atoms. The molecule has 6 heteroatoms. The van der Waals surface area contributed by atoms with Gasteiger partial charge in [-0.25, -0.2) is 0 Å². The van der Waals surface area contributed by atoms with E-state index in [1.807, 2.05) is 0 Å². The maximum absolute atomic E-state index is 12.6. The first-order valence-corrected chi connectivity index (χ1v) is 7.44. The van der Waals surface area contributed by atoms with Crippen LogP contribution in [0.2, 0.25) is 0 Å². The normalized spacial score (nSPS) is 10.4. The number of carbonyl (C=O) groups is 1. The van der Waals surface area contributed by atoms with Gasteiger partial charge in [0.1, 0.15) is 17.2 Å². The molecule has 0 saturated carbocycles. The van der Waals surface area contributed by atoms with Crippen molar-refractivity contribution < 1.29 is 19.7 Å². The highest BCUT2D eigenvalue weighted by atomic mass is 16.5. The molecular weight excluding hydrogens is 322 g/mol. The van der Waals surface area contributed by atoms with E-state index in [2.05, 4.69) is 0 Å². The summed E-state index contributed by atoms with van der Waals surface area (Å²) in [6.45, 7) is 0. The Labute approximate surface area is 143 Å². The number of hydrogen-bond donors (Lipinski definition) is 2. The van der Waals surface area contributed by atoms with Crippen LogP contribution in [0.25, 0.3) is 5.69 Å². The highest BCUT2D eigenvalue weighted by Crippen LogP contribution is 2.26. The van der Waals surface area contributed by atoms with E-state index in [9.17, 15) is 19.8 Å². The van der Waals surface area contributed by atoms with Crippen LogP contribution in [0.15, 0.2) is 65.6 Å². The van der Waals surface area contributed by atoms with Crippen LogP contribution in [-0.2, 0) is 0 Å². The van der Waals surface area contributed by atoms with Gasteiger partial charge >= 0.3 is 0 Å². The summed E-state index contributed by atoms with van der Waals surface area (Å²) in [5.41, 5.74) is 0.421. The molecule has 0 amide bonds. The van der Waals surface area contributed by atoms with E-state index in [4.69, 9.17) is 4.74 Å². The van der Waals surface area contributed by atoms with Crippen LogP contribution in [-0.4, -0.2) is 27.7 Å². The lowest BCUT2D eigenvalue weighted by Crippen LogP contribution is -2.19. The van der Waals surface area contributed by atoms with E-state index in [1.54, 1.807) is 24.3 Å². The van der Waals surface area contributed by atoms with Crippen molar-refractivity contribution in [3.63, 3.8) is 0 Å². The molecule has 0 unspecified atom stereocenters. The summed E-state index contributed by atoms with van der Waals surface area (Å²) in [4.78, 5) is 24.9. The Kier molecular flexibility index (Phi) is 4.26. The number of aromatic nitrogens is 1. The first-order valence-electron chi connectivity index (χ1n) is 7.44. The fourth-order valence-electron chi connectivity index (χ4n) is 2.51. The molecule has 3 rings (SSSR count). The molecular formula is C19H15NO5. The lowest BCUT2D eigenvalue weighted by Gasteiger charge is -2.12. The minimum Gasteiger partial charge on any atom is -0.508 e. The third kappa shape index (κ3) is 3.10. The molecule has 0 radical (unpaired) electrons. The van der Waals surface area contributed by atoms with Gasteiger partial charge in [0.25, 0.3) is 5.56 Å². The number of ketones is 1. The van der Waals surface area contributed by atoms with Crippen molar-refractivity contribution in [2.24, 2.45) is 0 Å². The molecule has 2 aromatic carbocycles. The quantitative estimate of drug-likeness (QED) is 0.714. The molecule has 0 fully saturated rings. The minimum atomic E-state index is -0.471.